The Morgan fingerprint density at radius 2 is 2.13 bits per heavy atom. The van der Waals surface area contributed by atoms with Gasteiger partial charge >= 0.3 is 0 Å². The Balaban J connectivity index is 2.64. The van der Waals surface area contributed by atoms with Crippen molar-refractivity contribution >= 4 is 5.91 Å². The van der Waals surface area contributed by atoms with Crippen molar-refractivity contribution in [3.8, 4) is 0 Å². The SMILES string of the molecule is CC1CCC(OCCO)(C(=O)NO)CC1. The van der Waals surface area contributed by atoms with E-state index in [0.29, 0.717) is 18.8 Å². The van der Waals surface area contributed by atoms with Crippen LogP contribution in [0.1, 0.15) is 32.6 Å². The summed E-state index contributed by atoms with van der Waals surface area (Å²) in [4.78, 5) is 11.5. The van der Waals surface area contributed by atoms with Crippen molar-refractivity contribution in [1.82, 2.24) is 5.48 Å². The quantitative estimate of drug-likeness (QED) is 0.472. The van der Waals surface area contributed by atoms with Crippen molar-refractivity contribution in [1.29, 1.82) is 0 Å². The van der Waals surface area contributed by atoms with Crippen LogP contribution < -0.4 is 5.48 Å². The number of carbonyl (C=O) groups excluding carboxylic acids is 1. The van der Waals surface area contributed by atoms with Crippen molar-refractivity contribution < 1.29 is 19.8 Å². The summed E-state index contributed by atoms with van der Waals surface area (Å²) in [6.45, 7) is 2.14. The van der Waals surface area contributed by atoms with Crippen molar-refractivity contribution in [2.45, 2.75) is 38.2 Å². The fraction of sp³-hybridized carbons (Fsp3) is 0.900. The number of hydroxylamine groups is 1. The van der Waals surface area contributed by atoms with Gasteiger partial charge in [-0.2, -0.15) is 0 Å². The van der Waals surface area contributed by atoms with Crippen LogP contribution in [0.5, 0.6) is 0 Å². The minimum Gasteiger partial charge on any atom is -0.394 e. The zero-order chi connectivity index (χ0) is 11.3. The first-order chi connectivity index (χ1) is 7.14. The maximum absolute atomic E-state index is 11.5. The average Bonchev–Trinajstić information content (AvgIpc) is 2.28. The summed E-state index contributed by atoms with van der Waals surface area (Å²) in [5.41, 5.74) is 0.713. The van der Waals surface area contributed by atoms with Gasteiger partial charge in [0, 0.05) is 0 Å². The van der Waals surface area contributed by atoms with Crippen LogP contribution in [-0.4, -0.2) is 35.0 Å². The highest BCUT2D eigenvalue weighted by Gasteiger charge is 2.41. The Bertz CT molecular complexity index is 206. The molecule has 0 spiro atoms. The van der Waals surface area contributed by atoms with Crippen LogP contribution in [0.3, 0.4) is 0 Å². The molecule has 1 amide bonds. The van der Waals surface area contributed by atoms with Gasteiger partial charge in [0.2, 0.25) is 0 Å². The van der Waals surface area contributed by atoms with E-state index in [0.717, 1.165) is 12.8 Å². The van der Waals surface area contributed by atoms with Crippen LogP contribution in [0.15, 0.2) is 0 Å². The van der Waals surface area contributed by atoms with Crippen LogP contribution in [0.2, 0.25) is 0 Å². The Hall–Kier alpha value is -0.650. The molecule has 0 aromatic carbocycles. The van der Waals surface area contributed by atoms with E-state index >= 15 is 0 Å². The molecule has 5 heteroatoms. The van der Waals surface area contributed by atoms with Crippen molar-refractivity contribution in [3.05, 3.63) is 0 Å². The Morgan fingerprint density at radius 1 is 1.53 bits per heavy atom. The van der Waals surface area contributed by atoms with Gasteiger partial charge in [-0.1, -0.05) is 6.92 Å². The van der Waals surface area contributed by atoms with Gasteiger partial charge in [0.1, 0.15) is 5.60 Å². The number of rotatable bonds is 4. The Morgan fingerprint density at radius 3 is 2.60 bits per heavy atom. The molecule has 1 aliphatic rings. The van der Waals surface area contributed by atoms with E-state index in [2.05, 4.69) is 6.92 Å². The number of hydrogen-bond acceptors (Lipinski definition) is 4. The summed E-state index contributed by atoms with van der Waals surface area (Å²) >= 11 is 0. The number of ether oxygens (including phenoxy) is 1. The average molecular weight is 217 g/mol. The Kier molecular flexibility index (Phi) is 4.50. The number of aliphatic hydroxyl groups excluding tert-OH is 1. The molecular weight excluding hydrogens is 198 g/mol. The standard InChI is InChI=1S/C10H19NO4/c1-8-2-4-10(5-3-8,9(13)11-14)15-7-6-12/h8,12,14H,2-7H2,1H3,(H,11,13). The van der Waals surface area contributed by atoms with Gasteiger partial charge in [-0.15, -0.1) is 0 Å². The molecule has 5 nitrogen and oxygen atoms in total. The molecule has 15 heavy (non-hydrogen) atoms. The van der Waals surface area contributed by atoms with Crippen LogP contribution >= 0.6 is 0 Å². The van der Waals surface area contributed by atoms with Gasteiger partial charge in [-0.3, -0.25) is 10.0 Å². The summed E-state index contributed by atoms with van der Waals surface area (Å²) in [6, 6.07) is 0. The number of amides is 1. The molecule has 0 bridgehead atoms. The second-order valence-electron chi connectivity index (χ2n) is 4.19. The Labute approximate surface area is 89.4 Å². The first-order valence-electron chi connectivity index (χ1n) is 5.34. The lowest BCUT2D eigenvalue weighted by Crippen LogP contribution is -2.50. The van der Waals surface area contributed by atoms with E-state index in [1.54, 1.807) is 5.48 Å². The van der Waals surface area contributed by atoms with Crippen molar-refractivity contribution in [2.75, 3.05) is 13.2 Å². The predicted octanol–water partition coefficient (Wildman–Crippen LogP) is 0.450. The fourth-order valence-electron chi connectivity index (χ4n) is 2.01. The highest BCUT2D eigenvalue weighted by atomic mass is 16.5. The fourth-order valence-corrected chi connectivity index (χ4v) is 2.01. The molecule has 0 aliphatic heterocycles. The molecule has 3 N–H and O–H groups in total. The molecule has 88 valence electrons. The van der Waals surface area contributed by atoms with E-state index < -0.39 is 11.5 Å². The lowest BCUT2D eigenvalue weighted by molar-refractivity contribution is -0.163. The lowest BCUT2D eigenvalue weighted by Gasteiger charge is -2.36. The number of aliphatic hydroxyl groups is 1. The molecule has 0 saturated heterocycles. The normalized spacial score (nSPS) is 31.3. The third kappa shape index (κ3) is 2.90. The predicted molar refractivity (Wildman–Crippen MR) is 53.3 cm³/mol. The van der Waals surface area contributed by atoms with Crippen molar-refractivity contribution in [2.24, 2.45) is 5.92 Å². The third-order valence-corrected chi connectivity index (χ3v) is 3.07. The van der Waals surface area contributed by atoms with Gasteiger partial charge in [-0.25, -0.2) is 5.48 Å². The summed E-state index contributed by atoms with van der Waals surface area (Å²) in [5.74, 6) is 0.0881. The molecule has 0 atom stereocenters. The third-order valence-electron chi connectivity index (χ3n) is 3.07. The molecule has 1 saturated carbocycles. The highest BCUT2D eigenvalue weighted by molar-refractivity contribution is 5.84. The molecule has 0 unspecified atom stereocenters. The minimum atomic E-state index is -0.940. The molecule has 0 radical (unpaired) electrons. The molecule has 0 aromatic rings. The summed E-state index contributed by atoms with van der Waals surface area (Å²) in [7, 11) is 0. The second kappa shape index (κ2) is 5.44. The van der Waals surface area contributed by atoms with E-state index in [4.69, 9.17) is 15.1 Å². The second-order valence-corrected chi connectivity index (χ2v) is 4.19. The lowest BCUT2D eigenvalue weighted by atomic mass is 9.79. The van der Waals surface area contributed by atoms with Gasteiger partial charge in [0.15, 0.2) is 0 Å². The maximum Gasteiger partial charge on any atom is 0.275 e. The van der Waals surface area contributed by atoms with Crippen LogP contribution in [0.25, 0.3) is 0 Å². The van der Waals surface area contributed by atoms with Crippen LogP contribution in [-0.2, 0) is 9.53 Å². The van der Waals surface area contributed by atoms with E-state index in [1.807, 2.05) is 0 Å². The van der Waals surface area contributed by atoms with Gasteiger partial charge in [-0.05, 0) is 31.6 Å². The molecular formula is C10H19NO4. The minimum absolute atomic E-state index is 0.115. The largest absolute Gasteiger partial charge is 0.394 e. The summed E-state index contributed by atoms with van der Waals surface area (Å²) in [6.07, 6.45) is 3.00. The van der Waals surface area contributed by atoms with Crippen LogP contribution in [0.4, 0.5) is 0 Å². The van der Waals surface area contributed by atoms with E-state index in [9.17, 15) is 4.79 Å². The highest BCUT2D eigenvalue weighted by Crippen LogP contribution is 2.34. The molecule has 1 aliphatic carbocycles. The molecule has 0 aromatic heterocycles. The first-order valence-corrected chi connectivity index (χ1v) is 5.34. The van der Waals surface area contributed by atoms with Crippen molar-refractivity contribution in [3.63, 3.8) is 0 Å². The van der Waals surface area contributed by atoms with E-state index in [1.165, 1.54) is 0 Å². The monoisotopic (exact) mass is 217 g/mol. The zero-order valence-electron chi connectivity index (χ0n) is 9.03. The maximum atomic E-state index is 11.5. The van der Waals surface area contributed by atoms with Gasteiger partial charge < -0.3 is 9.84 Å². The summed E-state index contributed by atoms with van der Waals surface area (Å²) in [5, 5.41) is 17.4. The molecule has 1 fully saturated rings. The number of carbonyl (C=O) groups is 1. The topological polar surface area (TPSA) is 78.8 Å². The molecule has 1 rings (SSSR count). The van der Waals surface area contributed by atoms with Gasteiger partial charge in [0.25, 0.3) is 5.91 Å². The van der Waals surface area contributed by atoms with E-state index in [-0.39, 0.29) is 13.2 Å². The number of nitrogens with one attached hydrogen (secondary N) is 1. The first kappa shape index (κ1) is 12.4. The van der Waals surface area contributed by atoms with Gasteiger partial charge in [0.05, 0.1) is 13.2 Å². The smallest absolute Gasteiger partial charge is 0.275 e. The molecule has 0 heterocycles. The summed E-state index contributed by atoms with van der Waals surface area (Å²) < 4.78 is 5.40. The zero-order valence-corrected chi connectivity index (χ0v) is 9.03. The van der Waals surface area contributed by atoms with Crippen LogP contribution in [0, 0.1) is 5.92 Å². The number of hydrogen-bond donors (Lipinski definition) is 3.